The molecule has 0 heterocycles. The van der Waals surface area contributed by atoms with E-state index in [-0.39, 0.29) is 11.7 Å². The van der Waals surface area contributed by atoms with E-state index in [1.807, 2.05) is 38.1 Å². The highest BCUT2D eigenvalue weighted by molar-refractivity contribution is 7.99. The molecule has 1 amide bonds. The maximum absolute atomic E-state index is 12.0. The molecule has 0 aliphatic rings. The van der Waals surface area contributed by atoms with E-state index in [4.69, 9.17) is 9.84 Å². The van der Waals surface area contributed by atoms with Gasteiger partial charge in [-0.3, -0.25) is 9.59 Å². The van der Waals surface area contributed by atoms with E-state index in [0.29, 0.717) is 24.5 Å². The number of carboxylic acids is 1. The Morgan fingerprint density at radius 3 is 2.81 bits per heavy atom. The van der Waals surface area contributed by atoms with Gasteiger partial charge in [-0.05, 0) is 31.0 Å². The molecule has 0 aliphatic carbocycles. The van der Waals surface area contributed by atoms with E-state index >= 15 is 0 Å². The topological polar surface area (TPSA) is 75.6 Å². The van der Waals surface area contributed by atoms with E-state index in [1.165, 1.54) is 11.8 Å². The molecule has 0 aromatic heterocycles. The zero-order valence-electron chi connectivity index (χ0n) is 12.3. The van der Waals surface area contributed by atoms with Crippen LogP contribution in [0.25, 0.3) is 0 Å². The van der Waals surface area contributed by atoms with Crippen LogP contribution in [-0.2, 0) is 9.59 Å². The van der Waals surface area contributed by atoms with Crippen LogP contribution in [0.3, 0.4) is 0 Å². The van der Waals surface area contributed by atoms with E-state index in [0.717, 1.165) is 5.56 Å². The molecule has 6 heteroatoms. The molecule has 0 bridgehead atoms. The Kier molecular flexibility index (Phi) is 7.68. The Balaban J connectivity index is 2.37. The minimum atomic E-state index is -0.847. The van der Waals surface area contributed by atoms with E-state index < -0.39 is 12.1 Å². The van der Waals surface area contributed by atoms with Crippen molar-refractivity contribution in [1.82, 2.24) is 5.32 Å². The van der Waals surface area contributed by atoms with E-state index in [1.54, 1.807) is 0 Å². The first-order chi connectivity index (χ1) is 10.0. The molecule has 1 aromatic carbocycles. The van der Waals surface area contributed by atoms with Crippen molar-refractivity contribution >= 4 is 23.6 Å². The number of ether oxygens (including phenoxy) is 1. The number of nitrogens with one attached hydrogen (secondary N) is 1. The van der Waals surface area contributed by atoms with Crippen LogP contribution < -0.4 is 10.1 Å². The minimum absolute atomic E-state index is 0.0485. The van der Waals surface area contributed by atoms with Crippen molar-refractivity contribution < 1.29 is 19.4 Å². The first-order valence-electron chi connectivity index (χ1n) is 6.83. The fraction of sp³-hybridized carbons (Fsp3) is 0.467. The summed E-state index contributed by atoms with van der Waals surface area (Å²) < 4.78 is 5.69. The van der Waals surface area contributed by atoms with Crippen molar-refractivity contribution in [2.24, 2.45) is 0 Å². The van der Waals surface area contributed by atoms with Crippen molar-refractivity contribution in [2.45, 2.75) is 26.4 Å². The Labute approximate surface area is 129 Å². The zero-order chi connectivity index (χ0) is 15.7. The number of rotatable bonds is 9. The lowest BCUT2D eigenvalue weighted by molar-refractivity contribution is -0.134. The van der Waals surface area contributed by atoms with Gasteiger partial charge in [0.15, 0.2) is 6.10 Å². The fourth-order valence-electron chi connectivity index (χ4n) is 1.69. The molecule has 5 nitrogen and oxygen atoms in total. The first-order valence-corrected chi connectivity index (χ1v) is 7.99. The second-order valence-electron chi connectivity index (χ2n) is 4.57. The van der Waals surface area contributed by atoms with Gasteiger partial charge in [0.25, 0.3) is 5.91 Å². The third-order valence-electron chi connectivity index (χ3n) is 2.70. The van der Waals surface area contributed by atoms with Crippen LogP contribution in [0, 0.1) is 6.92 Å². The van der Waals surface area contributed by atoms with Gasteiger partial charge in [0, 0.05) is 12.3 Å². The zero-order valence-corrected chi connectivity index (χ0v) is 13.1. The summed E-state index contributed by atoms with van der Waals surface area (Å²) in [6, 6.07) is 7.57. The van der Waals surface area contributed by atoms with Crippen LogP contribution in [0.5, 0.6) is 5.75 Å². The number of hydrogen-bond donors (Lipinski definition) is 2. The van der Waals surface area contributed by atoms with Crippen molar-refractivity contribution in [2.75, 3.05) is 18.1 Å². The monoisotopic (exact) mass is 311 g/mol. The van der Waals surface area contributed by atoms with Gasteiger partial charge in [0.1, 0.15) is 5.75 Å². The van der Waals surface area contributed by atoms with Crippen LogP contribution in [0.2, 0.25) is 0 Å². The summed E-state index contributed by atoms with van der Waals surface area (Å²) in [7, 11) is 0. The van der Waals surface area contributed by atoms with Crippen molar-refractivity contribution in [3.05, 3.63) is 29.8 Å². The molecule has 0 aliphatic heterocycles. The number of carbonyl (C=O) groups is 2. The number of aryl methyl sites for hydroxylation is 1. The molecule has 1 atom stereocenters. The number of amides is 1. The molecule has 1 rings (SSSR count). The molecule has 1 aromatic rings. The largest absolute Gasteiger partial charge is 0.481 e. The Morgan fingerprint density at radius 2 is 2.19 bits per heavy atom. The average Bonchev–Trinajstić information content (AvgIpc) is 2.44. The number of carbonyl (C=O) groups excluding carboxylic acids is 1. The summed E-state index contributed by atoms with van der Waals surface area (Å²) in [6.07, 6.45) is 0.0402. The molecule has 0 saturated heterocycles. The lowest BCUT2D eigenvalue weighted by atomic mass is 10.2. The summed E-state index contributed by atoms with van der Waals surface area (Å²) in [5.74, 6) is 0.277. The van der Waals surface area contributed by atoms with Gasteiger partial charge >= 0.3 is 5.97 Å². The minimum Gasteiger partial charge on any atom is -0.481 e. The van der Waals surface area contributed by atoms with Crippen molar-refractivity contribution in [3.63, 3.8) is 0 Å². The lowest BCUT2D eigenvalue weighted by Crippen LogP contribution is -2.39. The summed E-state index contributed by atoms with van der Waals surface area (Å²) in [5, 5.41) is 11.3. The SMILES string of the molecule is CCC(Oc1cccc(C)c1)C(=O)NCCSCC(=O)O. The summed E-state index contributed by atoms with van der Waals surface area (Å²) in [6.45, 7) is 4.29. The predicted octanol–water partition coefficient (Wildman–Crippen LogP) is 2.09. The fourth-order valence-corrected chi connectivity index (χ4v) is 2.26. The van der Waals surface area contributed by atoms with Crippen LogP contribution in [-0.4, -0.2) is 41.1 Å². The van der Waals surface area contributed by atoms with Gasteiger partial charge in [0.05, 0.1) is 5.75 Å². The Hall–Kier alpha value is -1.69. The van der Waals surface area contributed by atoms with Crippen LogP contribution >= 0.6 is 11.8 Å². The highest BCUT2D eigenvalue weighted by atomic mass is 32.2. The average molecular weight is 311 g/mol. The van der Waals surface area contributed by atoms with E-state index in [9.17, 15) is 9.59 Å². The molecule has 21 heavy (non-hydrogen) atoms. The van der Waals surface area contributed by atoms with Crippen LogP contribution in [0.1, 0.15) is 18.9 Å². The number of aliphatic carboxylic acids is 1. The van der Waals surface area contributed by atoms with Gasteiger partial charge in [-0.15, -0.1) is 11.8 Å². The summed E-state index contributed by atoms with van der Waals surface area (Å²) in [5.41, 5.74) is 1.08. The molecule has 0 spiro atoms. The number of benzene rings is 1. The molecule has 116 valence electrons. The quantitative estimate of drug-likeness (QED) is 0.683. The smallest absolute Gasteiger partial charge is 0.313 e. The van der Waals surface area contributed by atoms with Gasteiger partial charge in [-0.25, -0.2) is 0 Å². The maximum Gasteiger partial charge on any atom is 0.313 e. The Bertz CT molecular complexity index is 478. The third kappa shape index (κ3) is 7.04. The highest BCUT2D eigenvalue weighted by Crippen LogP contribution is 2.15. The molecule has 2 N–H and O–H groups in total. The summed E-state index contributed by atoms with van der Waals surface area (Å²) >= 11 is 1.27. The van der Waals surface area contributed by atoms with Crippen LogP contribution in [0.4, 0.5) is 0 Å². The molecule has 0 fully saturated rings. The summed E-state index contributed by atoms with van der Waals surface area (Å²) in [4.78, 5) is 22.4. The second-order valence-corrected chi connectivity index (χ2v) is 5.67. The molecular formula is C15H21NO4S. The number of thioether (sulfide) groups is 1. The molecular weight excluding hydrogens is 290 g/mol. The predicted molar refractivity (Wildman–Crippen MR) is 83.9 cm³/mol. The van der Waals surface area contributed by atoms with E-state index in [2.05, 4.69) is 5.32 Å². The standard InChI is InChI=1S/C15H21NO4S/c1-3-13(20-12-6-4-5-11(2)9-12)15(19)16-7-8-21-10-14(17)18/h4-6,9,13H,3,7-8,10H2,1-2H3,(H,16,19)(H,17,18). The normalized spacial score (nSPS) is 11.7. The van der Waals surface area contributed by atoms with Crippen molar-refractivity contribution in [3.8, 4) is 5.75 Å². The van der Waals surface area contributed by atoms with Gasteiger partial charge in [-0.2, -0.15) is 0 Å². The number of carboxylic acid groups (broad SMARTS) is 1. The first kappa shape index (κ1) is 17.4. The second kappa shape index (κ2) is 9.28. The number of hydrogen-bond acceptors (Lipinski definition) is 4. The van der Waals surface area contributed by atoms with Gasteiger partial charge < -0.3 is 15.2 Å². The molecule has 0 saturated carbocycles. The maximum atomic E-state index is 12.0. The Morgan fingerprint density at radius 1 is 1.43 bits per heavy atom. The third-order valence-corrected chi connectivity index (χ3v) is 3.65. The van der Waals surface area contributed by atoms with Gasteiger partial charge in [0.2, 0.25) is 0 Å². The van der Waals surface area contributed by atoms with Gasteiger partial charge in [-0.1, -0.05) is 19.1 Å². The highest BCUT2D eigenvalue weighted by Gasteiger charge is 2.17. The van der Waals surface area contributed by atoms with Crippen molar-refractivity contribution in [1.29, 1.82) is 0 Å². The molecule has 0 radical (unpaired) electrons. The van der Waals surface area contributed by atoms with Crippen LogP contribution in [0.15, 0.2) is 24.3 Å². The molecule has 1 unspecified atom stereocenters. The lowest BCUT2D eigenvalue weighted by Gasteiger charge is -2.17.